The molecule has 2 aromatic carbocycles. The van der Waals surface area contributed by atoms with Crippen LogP contribution in [-0.4, -0.2) is 48.7 Å². The molecule has 1 aliphatic rings. The minimum atomic E-state index is -3.66. The van der Waals surface area contributed by atoms with Crippen molar-refractivity contribution in [3.8, 4) is 17.2 Å². The topological polar surface area (TPSA) is 184 Å². The van der Waals surface area contributed by atoms with E-state index in [-0.39, 0.29) is 45.3 Å². The predicted octanol–water partition coefficient (Wildman–Crippen LogP) is 3.16. The van der Waals surface area contributed by atoms with Crippen molar-refractivity contribution in [3.05, 3.63) is 52.7 Å². The molecular weight excluding hydrogens is 512 g/mol. The number of anilines is 1. The number of fused-ring (bicyclic) bond motifs is 1. The van der Waals surface area contributed by atoms with Gasteiger partial charge in [-0.2, -0.15) is 8.42 Å². The molecule has 0 unspecified atom stereocenters. The van der Waals surface area contributed by atoms with Gasteiger partial charge in [-0.25, -0.2) is 0 Å². The molecule has 1 saturated carbocycles. The molecule has 11 nitrogen and oxygen atoms in total. The molecule has 0 atom stereocenters. The number of pyridine rings is 1. The van der Waals surface area contributed by atoms with Crippen molar-refractivity contribution in [2.75, 3.05) is 18.6 Å². The van der Waals surface area contributed by atoms with Gasteiger partial charge in [-0.15, -0.1) is 0 Å². The zero-order valence-electron chi connectivity index (χ0n) is 19.4. The van der Waals surface area contributed by atoms with E-state index in [0.717, 1.165) is 12.8 Å². The van der Waals surface area contributed by atoms with Crippen LogP contribution in [0.2, 0.25) is 5.02 Å². The summed E-state index contributed by atoms with van der Waals surface area (Å²) in [5.74, 6) is -0.138. The predicted molar refractivity (Wildman–Crippen MR) is 135 cm³/mol. The number of rotatable bonds is 7. The van der Waals surface area contributed by atoms with Gasteiger partial charge in [0.05, 0.1) is 40.2 Å². The number of primary amides is 1. The van der Waals surface area contributed by atoms with E-state index in [2.05, 4.69) is 10.3 Å². The summed E-state index contributed by atoms with van der Waals surface area (Å²) in [6.45, 7) is 1.37. The molecule has 3 aromatic rings. The van der Waals surface area contributed by atoms with Gasteiger partial charge in [0.2, 0.25) is 0 Å². The number of nitrogens with one attached hydrogen (secondary N) is 1. The molecule has 0 aliphatic heterocycles. The van der Waals surface area contributed by atoms with Crippen molar-refractivity contribution in [3.63, 3.8) is 0 Å². The molecular formula is C23H25ClN4O7S. The fourth-order valence-electron chi connectivity index (χ4n) is 3.05. The van der Waals surface area contributed by atoms with Gasteiger partial charge >= 0.3 is 0 Å². The van der Waals surface area contributed by atoms with Gasteiger partial charge in [0.25, 0.3) is 21.9 Å². The summed E-state index contributed by atoms with van der Waals surface area (Å²) >= 11 is 6.33. The Morgan fingerprint density at radius 3 is 2.39 bits per heavy atom. The summed E-state index contributed by atoms with van der Waals surface area (Å²) in [7, 11) is -2.22. The lowest BCUT2D eigenvalue weighted by Gasteiger charge is -2.15. The second kappa shape index (κ2) is 11.0. The number of methoxy groups -OCH3 is 1. The van der Waals surface area contributed by atoms with Crippen LogP contribution in [0.15, 0.2) is 36.5 Å². The highest BCUT2D eigenvalue weighted by atomic mass is 35.5. The maximum Gasteiger partial charge on any atom is 0.264 e. The van der Waals surface area contributed by atoms with E-state index in [1.165, 1.54) is 14.0 Å². The second-order valence-electron chi connectivity index (χ2n) is 7.80. The van der Waals surface area contributed by atoms with Crippen molar-refractivity contribution in [1.82, 2.24) is 10.3 Å². The summed E-state index contributed by atoms with van der Waals surface area (Å²) < 4.78 is 38.1. The van der Waals surface area contributed by atoms with E-state index in [9.17, 15) is 18.0 Å². The summed E-state index contributed by atoms with van der Waals surface area (Å²) in [6, 6.07) is 8.12. The van der Waals surface area contributed by atoms with E-state index in [1.54, 1.807) is 36.5 Å². The van der Waals surface area contributed by atoms with Crippen molar-refractivity contribution >= 4 is 50.1 Å². The first kappa shape index (κ1) is 27.0. The van der Waals surface area contributed by atoms with Crippen LogP contribution in [0, 0.1) is 0 Å². The Kier molecular flexibility index (Phi) is 8.23. The van der Waals surface area contributed by atoms with Gasteiger partial charge in [0.15, 0.2) is 5.75 Å². The molecule has 0 radical (unpaired) electrons. The number of benzene rings is 2. The highest BCUT2D eigenvalue weighted by Crippen LogP contribution is 2.38. The number of amides is 2. The Morgan fingerprint density at radius 2 is 1.83 bits per heavy atom. The van der Waals surface area contributed by atoms with Gasteiger partial charge < -0.3 is 26.3 Å². The lowest BCUT2D eigenvalue weighted by Crippen LogP contribution is -2.25. The standard InChI is InChI=1S/C21H19ClN4O4.C2H6O3S/c1-29-17-9-14-12(8-13(17)20(24)27)15(6-7-25-14)30-16-5-4-11(18(22)19(16)23)21(28)26-10-2-3-10;1-2-6(3,4)5/h4-10H,2-3,23H2,1H3,(H2,24,27)(H,26,28);2H2,1H3,(H,3,4,5). The lowest BCUT2D eigenvalue weighted by molar-refractivity contribution is 0.0949. The van der Waals surface area contributed by atoms with Crippen molar-refractivity contribution < 1.29 is 32.0 Å². The van der Waals surface area contributed by atoms with Crippen LogP contribution in [0.5, 0.6) is 17.2 Å². The Hall–Kier alpha value is -3.61. The van der Waals surface area contributed by atoms with E-state index in [0.29, 0.717) is 22.4 Å². The zero-order chi connectivity index (χ0) is 26.6. The molecule has 4 rings (SSSR count). The Balaban J connectivity index is 0.000000538. The van der Waals surface area contributed by atoms with Crippen LogP contribution in [0.1, 0.15) is 40.5 Å². The summed E-state index contributed by atoms with van der Waals surface area (Å²) in [5, 5.41) is 3.53. The number of ether oxygens (including phenoxy) is 2. The number of hydrogen-bond acceptors (Lipinski definition) is 8. The van der Waals surface area contributed by atoms with Crippen LogP contribution in [-0.2, 0) is 10.1 Å². The SMILES string of the molecule is CCS(=O)(=O)O.COc1cc2nccc(Oc3ccc(C(=O)NC4CC4)c(Cl)c3N)c2cc1C(N)=O. The van der Waals surface area contributed by atoms with Crippen LogP contribution in [0.25, 0.3) is 10.9 Å². The molecule has 1 heterocycles. The third-order valence-electron chi connectivity index (χ3n) is 5.17. The highest BCUT2D eigenvalue weighted by molar-refractivity contribution is 7.85. The number of carbonyl (C=O) groups excluding carboxylic acids is 2. The summed E-state index contributed by atoms with van der Waals surface area (Å²) in [6.07, 6.45) is 3.48. The second-order valence-corrected chi connectivity index (χ2v) is 9.92. The molecule has 6 N–H and O–H groups in total. The monoisotopic (exact) mass is 536 g/mol. The fraction of sp³-hybridized carbons (Fsp3) is 0.261. The molecule has 1 fully saturated rings. The van der Waals surface area contributed by atoms with E-state index < -0.39 is 16.0 Å². The molecule has 0 saturated heterocycles. The number of nitrogens with zero attached hydrogens (tertiary/aromatic N) is 1. The largest absolute Gasteiger partial charge is 0.496 e. The number of halogens is 1. The van der Waals surface area contributed by atoms with E-state index >= 15 is 0 Å². The summed E-state index contributed by atoms with van der Waals surface area (Å²) in [4.78, 5) is 28.4. The first-order valence-electron chi connectivity index (χ1n) is 10.7. The number of aromatic nitrogens is 1. The first-order valence-corrected chi connectivity index (χ1v) is 12.7. The van der Waals surface area contributed by atoms with Gasteiger partial charge in [0.1, 0.15) is 11.5 Å². The third-order valence-corrected chi connectivity index (χ3v) is 6.31. The molecule has 0 spiro atoms. The molecule has 1 aromatic heterocycles. The zero-order valence-corrected chi connectivity index (χ0v) is 21.0. The number of hydrogen-bond donors (Lipinski definition) is 4. The lowest BCUT2D eigenvalue weighted by atomic mass is 10.1. The molecule has 192 valence electrons. The normalized spacial score (nSPS) is 12.9. The molecule has 13 heteroatoms. The van der Waals surface area contributed by atoms with Crippen LogP contribution < -0.4 is 26.3 Å². The van der Waals surface area contributed by atoms with E-state index in [4.69, 9.17) is 37.1 Å². The minimum absolute atomic E-state index is 0.114. The maximum atomic E-state index is 12.3. The van der Waals surface area contributed by atoms with Crippen molar-refractivity contribution in [1.29, 1.82) is 0 Å². The van der Waals surface area contributed by atoms with Crippen LogP contribution in [0.3, 0.4) is 0 Å². The van der Waals surface area contributed by atoms with Crippen LogP contribution in [0.4, 0.5) is 5.69 Å². The average Bonchev–Trinajstić information content (AvgIpc) is 3.65. The van der Waals surface area contributed by atoms with E-state index in [1.807, 2.05) is 0 Å². The van der Waals surface area contributed by atoms with Gasteiger partial charge in [-0.3, -0.25) is 19.1 Å². The quantitative estimate of drug-likeness (QED) is 0.260. The van der Waals surface area contributed by atoms with Crippen molar-refractivity contribution in [2.24, 2.45) is 5.73 Å². The summed E-state index contributed by atoms with van der Waals surface area (Å²) in [5.41, 5.74) is 12.7. The average molecular weight is 537 g/mol. The Bertz CT molecular complexity index is 1430. The van der Waals surface area contributed by atoms with Gasteiger partial charge in [0, 0.05) is 23.7 Å². The Labute approximate surface area is 212 Å². The number of nitrogens with two attached hydrogens (primary N) is 2. The number of nitrogen functional groups attached to an aromatic ring is 1. The molecule has 2 amide bonds. The van der Waals surface area contributed by atoms with Crippen molar-refractivity contribution in [2.45, 2.75) is 25.8 Å². The smallest absolute Gasteiger partial charge is 0.264 e. The highest BCUT2D eigenvalue weighted by Gasteiger charge is 2.26. The molecule has 36 heavy (non-hydrogen) atoms. The minimum Gasteiger partial charge on any atom is -0.496 e. The maximum absolute atomic E-state index is 12.3. The van der Waals surface area contributed by atoms with Gasteiger partial charge in [-0.05, 0) is 44.0 Å². The fourth-order valence-corrected chi connectivity index (χ4v) is 3.29. The molecule has 0 bridgehead atoms. The third kappa shape index (κ3) is 6.53. The first-order chi connectivity index (χ1) is 16.9. The molecule has 1 aliphatic carbocycles. The van der Waals surface area contributed by atoms with Gasteiger partial charge in [-0.1, -0.05) is 11.6 Å². The Morgan fingerprint density at radius 1 is 1.17 bits per heavy atom. The number of carbonyl (C=O) groups is 2. The van der Waals surface area contributed by atoms with Crippen LogP contribution >= 0.6 is 11.6 Å².